The van der Waals surface area contributed by atoms with Gasteiger partial charge in [-0.25, -0.2) is 23.2 Å². The first-order valence-electron chi connectivity index (χ1n) is 8.42. The van der Waals surface area contributed by atoms with E-state index in [1.165, 1.54) is 11.2 Å². The minimum Gasteiger partial charge on any atom is -0.493 e. The Morgan fingerprint density at radius 2 is 2.27 bits per heavy atom. The molecule has 0 saturated heterocycles. The van der Waals surface area contributed by atoms with E-state index < -0.39 is 13.0 Å². The van der Waals surface area contributed by atoms with Crippen molar-refractivity contribution in [1.29, 1.82) is 0 Å². The molecule has 1 aromatic carbocycles. The van der Waals surface area contributed by atoms with E-state index in [9.17, 15) is 13.6 Å². The Bertz CT molecular complexity index is 752. The van der Waals surface area contributed by atoms with Gasteiger partial charge < -0.3 is 15.0 Å². The fourth-order valence-electron chi connectivity index (χ4n) is 2.91. The maximum Gasteiger partial charge on any atom is 0.318 e. The predicted molar refractivity (Wildman–Crippen MR) is 89.9 cm³/mol. The minimum absolute atomic E-state index is 0.0867. The van der Waals surface area contributed by atoms with Crippen LogP contribution in [0.25, 0.3) is 0 Å². The number of ether oxygens (including phenoxy) is 1. The van der Waals surface area contributed by atoms with E-state index in [0.29, 0.717) is 12.4 Å². The molecule has 0 fully saturated rings. The molecule has 0 saturated carbocycles. The Balaban J connectivity index is 1.66. The second-order valence-electron chi connectivity index (χ2n) is 6.14. The molecule has 1 unspecified atom stereocenters. The van der Waals surface area contributed by atoms with Crippen molar-refractivity contribution in [2.24, 2.45) is 0 Å². The summed E-state index contributed by atoms with van der Waals surface area (Å²) in [6, 6.07) is 7.15. The maximum absolute atomic E-state index is 12.6. The number of hydrogen-bond donors (Lipinski definition) is 1. The topological polar surface area (TPSA) is 72.3 Å². The number of hydrogen-bond acceptors (Lipinski definition) is 4. The van der Waals surface area contributed by atoms with Gasteiger partial charge in [-0.05, 0) is 18.9 Å². The van der Waals surface area contributed by atoms with Gasteiger partial charge in [-0.15, -0.1) is 0 Å². The van der Waals surface area contributed by atoms with Gasteiger partial charge in [-0.1, -0.05) is 18.2 Å². The fourth-order valence-corrected chi connectivity index (χ4v) is 2.91. The Kier molecular flexibility index (Phi) is 5.65. The number of benzene rings is 1. The van der Waals surface area contributed by atoms with Crippen molar-refractivity contribution >= 4 is 6.03 Å². The van der Waals surface area contributed by atoms with Gasteiger partial charge in [0.2, 0.25) is 0 Å². The van der Waals surface area contributed by atoms with Crippen LogP contribution in [0.1, 0.15) is 30.3 Å². The molecule has 0 bridgehead atoms. The van der Waals surface area contributed by atoms with Gasteiger partial charge in [-0.3, -0.25) is 0 Å². The van der Waals surface area contributed by atoms with E-state index >= 15 is 0 Å². The number of urea groups is 1. The normalized spacial score (nSPS) is 16.5. The second kappa shape index (κ2) is 8.11. The van der Waals surface area contributed by atoms with Crippen LogP contribution in [-0.4, -0.2) is 45.8 Å². The number of alkyl halides is 2. The third kappa shape index (κ3) is 4.27. The molecule has 1 aliphatic heterocycles. The molecule has 0 aliphatic carbocycles. The van der Waals surface area contributed by atoms with Crippen LogP contribution < -0.4 is 10.1 Å². The van der Waals surface area contributed by atoms with Crippen LogP contribution in [0.5, 0.6) is 5.75 Å². The highest BCUT2D eigenvalue weighted by molar-refractivity contribution is 5.74. The lowest BCUT2D eigenvalue weighted by Gasteiger charge is -2.23. The standard InChI is InChI=1S/C17H21F2N5O2/c1-23(10-16-20-11-21-24(16)9-15(18)19)17(25)22-13-6-4-8-26-14-7-3-2-5-12(13)14/h2-3,5,7,11,13,15H,4,6,8-10H2,1H3,(H,22,25). The van der Waals surface area contributed by atoms with Gasteiger partial charge in [-0.2, -0.15) is 5.10 Å². The maximum atomic E-state index is 12.6. The largest absolute Gasteiger partial charge is 0.493 e. The Morgan fingerprint density at radius 3 is 3.08 bits per heavy atom. The van der Waals surface area contributed by atoms with Crippen LogP contribution in [0.3, 0.4) is 0 Å². The molecule has 9 heteroatoms. The van der Waals surface area contributed by atoms with Crippen LogP contribution in [0.2, 0.25) is 0 Å². The molecular formula is C17H21F2N5O2. The van der Waals surface area contributed by atoms with Gasteiger partial charge in [0.15, 0.2) is 0 Å². The van der Waals surface area contributed by atoms with Crippen LogP contribution in [-0.2, 0) is 13.1 Å². The fraction of sp³-hybridized carbons (Fsp3) is 0.471. The summed E-state index contributed by atoms with van der Waals surface area (Å²) in [5.74, 6) is 1.09. The summed E-state index contributed by atoms with van der Waals surface area (Å²) in [6.07, 6.45) is 0.268. The zero-order valence-electron chi connectivity index (χ0n) is 14.4. The van der Waals surface area contributed by atoms with Gasteiger partial charge >= 0.3 is 6.03 Å². The van der Waals surface area contributed by atoms with Crippen LogP contribution in [0.4, 0.5) is 13.6 Å². The highest BCUT2D eigenvalue weighted by atomic mass is 19.3. The molecule has 2 heterocycles. The van der Waals surface area contributed by atoms with E-state index in [4.69, 9.17) is 4.74 Å². The van der Waals surface area contributed by atoms with Crippen LogP contribution >= 0.6 is 0 Å². The molecule has 1 atom stereocenters. The molecule has 0 radical (unpaired) electrons. The van der Waals surface area contributed by atoms with Crippen molar-refractivity contribution in [2.45, 2.75) is 38.4 Å². The molecule has 1 N–H and O–H groups in total. The third-order valence-electron chi connectivity index (χ3n) is 4.22. The summed E-state index contributed by atoms with van der Waals surface area (Å²) >= 11 is 0. The monoisotopic (exact) mass is 365 g/mol. The van der Waals surface area contributed by atoms with Gasteiger partial charge in [0.05, 0.1) is 19.2 Å². The highest BCUT2D eigenvalue weighted by Gasteiger charge is 2.23. The van der Waals surface area contributed by atoms with Crippen molar-refractivity contribution in [1.82, 2.24) is 25.0 Å². The summed E-state index contributed by atoms with van der Waals surface area (Å²) in [5, 5.41) is 6.77. The number of carbonyl (C=O) groups excluding carboxylic acids is 1. The van der Waals surface area contributed by atoms with Crippen molar-refractivity contribution in [3.8, 4) is 5.75 Å². The molecular weight excluding hydrogens is 344 g/mol. The molecule has 140 valence electrons. The first-order valence-corrected chi connectivity index (χ1v) is 8.42. The summed E-state index contributed by atoms with van der Waals surface area (Å²) in [6.45, 7) is 0.150. The Labute approximate surface area is 150 Å². The number of halogens is 2. The van der Waals surface area contributed by atoms with E-state index in [-0.39, 0.29) is 18.6 Å². The molecule has 1 aliphatic rings. The van der Waals surface area contributed by atoms with Gasteiger partial charge in [0, 0.05) is 12.6 Å². The lowest BCUT2D eigenvalue weighted by Crippen LogP contribution is -2.39. The van der Waals surface area contributed by atoms with Gasteiger partial charge in [0.25, 0.3) is 6.43 Å². The summed E-state index contributed by atoms with van der Waals surface area (Å²) in [7, 11) is 1.59. The van der Waals surface area contributed by atoms with E-state index in [1.807, 2.05) is 24.3 Å². The second-order valence-corrected chi connectivity index (χ2v) is 6.14. The minimum atomic E-state index is -2.53. The van der Waals surface area contributed by atoms with Crippen molar-refractivity contribution in [3.63, 3.8) is 0 Å². The number of carbonyl (C=O) groups is 1. The molecule has 7 nitrogen and oxygen atoms in total. The number of nitrogens with one attached hydrogen (secondary N) is 1. The molecule has 3 rings (SSSR count). The Hall–Kier alpha value is -2.71. The van der Waals surface area contributed by atoms with E-state index in [0.717, 1.165) is 28.8 Å². The highest BCUT2D eigenvalue weighted by Crippen LogP contribution is 2.31. The average Bonchev–Trinajstić information content (AvgIpc) is 2.93. The third-order valence-corrected chi connectivity index (χ3v) is 4.22. The number of aromatic nitrogens is 3. The number of nitrogens with zero attached hydrogens (tertiary/aromatic N) is 4. The smallest absolute Gasteiger partial charge is 0.318 e. The Morgan fingerprint density at radius 1 is 1.46 bits per heavy atom. The van der Waals surface area contributed by atoms with Gasteiger partial charge in [0.1, 0.15) is 24.4 Å². The lowest BCUT2D eigenvalue weighted by atomic mass is 10.0. The number of fused-ring (bicyclic) bond motifs is 1. The first kappa shape index (κ1) is 18.1. The number of amides is 2. The van der Waals surface area contributed by atoms with E-state index in [1.54, 1.807) is 7.05 Å². The summed E-state index contributed by atoms with van der Waals surface area (Å²) < 4.78 is 32.0. The summed E-state index contributed by atoms with van der Waals surface area (Å²) in [4.78, 5) is 17.9. The number of para-hydroxylation sites is 1. The first-order chi connectivity index (χ1) is 12.5. The molecule has 1 aromatic heterocycles. The van der Waals surface area contributed by atoms with Crippen molar-refractivity contribution in [2.75, 3.05) is 13.7 Å². The lowest BCUT2D eigenvalue weighted by molar-refractivity contribution is 0.119. The molecule has 2 amide bonds. The van der Waals surface area contributed by atoms with Crippen LogP contribution in [0.15, 0.2) is 30.6 Å². The molecule has 26 heavy (non-hydrogen) atoms. The zero-order valence-corrected chi connectivity index (χ0v) is 14.4. The zero-order chi connectivity index (χ0) is 18.5. The number of rotatable bonds is 5. The average molecular weight is 365 g/mol. The predicted octanol–water partition coefficient (Wildman–Crippen LogP) is 2.60. The van der Waals surface area contributed by atoms with Crippen LogP contribution in [0, 0.1) is 0 Å². The molecule has 2 aromatic rings. The molecule has 0 spiro atoms. The summed E-state index contributed by atoms with van der Waals surface area (Å²) in [5.41, 5.74) is 0.938. The van der Waals surface area contributed by atoms with E-state index in [2.05, 4.69) is 15.4 Å². The SMILES string of the molecule is CN(Cc1ncnn1CC(F)F)C(=O)NC1CCCOc2ccccc21. The quantitative estimate of drug-likeness (QED) is 0.884. The van der Waals surface area contributed by atoms with Crippen molar-refractivity contribution in [3.05, 3.63) is 42.0 Å². The van der Waals surface area contributed by atoms with Crippen molar-refractivity contribution < 1.29 is 18.3 Å².